The van der Waals surface area contributed by atoms with Crippen LogP contribution in [0, 0.1) is 0 Å². The monoisotopic (exact) mass is 469 g/mol. The molecule has 142 valence electrons. The van der Waals surface area contributed by atoms with E-state index in [9.17, 15) is 0 Å². The van der Waals surface area contributed by atoms with E-state index >= 15 is 0 Å². The fourth-order valence-corrected chi connectivity index (χ4v) is 3.08. The van der Waals surface area contributed by atoms with Crippen LogP contribution in [-0.4, -0.2) is 41.3 Å². The maximum Gasteiger partial charge on any atom is 0.191 e. The summed E-state index contributed by atoms with van der Waals surface area (Å²) in [5, 5.41) is 6.75. The number of nitrogens with zero attached hydrogens (tertiary/aromatic N) is 3. The van der Waals surface area contributed by atoms with Crippen LogP contribution in [0.2, 0.25) is 0 Å². The summed E-state index contributed by atoms with van der Waals surface area (Å²) in [4.78, 5) is 8.39. The lowest BCUT2D eigenvalue weighted by Crippen LogP contribution is -2.45. The van der Waals surface area contributed by atoms with Gasteiger partial charge in [0.15, 0.2) is 5.96 Å². The minimum Gasteiger partial charge on any atom is -0.373 e. The largest absolute Gasteiger partial charge is 0.373 e. The van der Waals surface area contributed by atoms with Crippen molar-refractivity contribution in [3.05, 3.63) is 54.1 Å². The van der Waals surface area contributed by atoms with Gasteiger partial charge in [0.25, 0.3) is 0 Å². The van der Waals surface area contributed by atoms with Gasteiger partial charge in [-0.05, 0) is 30.9 Å². The molecule has 6 nitrogen and oxygen atoms in total. The van der Waals surface area contributed by atoms with Crippen molar-refractivity contribution in [2.75, 3.05) is 20.2 Å². The molecule has 26 heavy (non-hydrogen) atoms. The molecule has 7 heteroatoms. The predicted molar refractivity (Wildman–Crippen MR) is 115 cm³/mol. The third-order valence-corrected chi connectivity index (χ3v) is 4.53. The van der Waals surface area contributed by atoms with Gasteiger partial charge in [0.2, 0.25) is 0 Å². The zero-order chi connectivity index (χ0) is 17.5. The molecule has 0 spiro atoms. The molecule has 1 aromatic heterocycles. The zero-order valence-electron chi connectivity index (χ0n) is 15.4. The summed E-state index contributed by atoms with van der Waals surface area (Å²) in [6, 6.07) is 8.56. The van der Waals surface area contributed by atoms with Gasteiger partial charge in [-0.3, -0.25) is 4.99 Å². The van der Waals surface area contributed by atoms with Crippen LogP contribution in [0.5, 0.6) is 0 Å². The summed E-state index contributed by atoms with van der Waals surface area (Å²) in [5.74, 6) is 0.803. The summed E-state index contributed by atoms with van der Waals surface area (Å²) < 4.78 is 7.88. The molecule has 0 saturated carbocycles. The molecule has 0 aliphatic carbocycles. The molecule has 2 aromatic rings. The SMILES string of the molecule is CN=C(NCc1cccc(Cn2ccnc2)c1)NCC1(C)CCCO1.I. The summed E-state index contributed by atoms with van der Waals surface area (Å²) in [5.41, 5.74) is 2.40. The maximum atomic E-state index is 5.81. The van der Waals surface area contributed by atoms with Crippen molar-refractivity contribution in [3.8, 4) is 0 Å². The van der Waals surface area contributed by atoms with Crippen molar-refractivity contribution in [2.45, 2.75) is 38.5 Å². The van der Waals surface area contributed by atoms with Crippen molar-refractivity contribution < 1.29 is 4.74 Å². The molecule has 0 radical (unpaired) electrons. The van der Waals surface area contributed by atoms with Gasteiger partial charge < -0.3 is 19.9 Å². The number of guanidine groups is 1. The highest BCUT2D eigenvalue weighted by Crippen LogP contribution is 2.23. The Hall–Kier alpha value is -1.61. The van der Waals surface area contributed by atoms with Gasteiger partial charge in [-0.15, -0.1) is 24.0 Å². The Kier molecular flexibility index (Phi) is 7.89. The smallest absolute Gasteiger partial charge is 0.191 e. The summed E-state index contributed by atoms with van der Waals surface area (Å²) in [6.07, 6.45) is 7.83. The van der Waals surface area contributed by atoms with Crippen LogP contribution in [0.4, 0.5) is 0 Å². The van der Waals surface area contributed by atoms with Crippen LogP contribution in [-0.2, 0) is 17.8 Å². The first-order valence-electron chi connectivity index (χ1n) is 8.79. The minimum absolute atomic E-state index is 0. The fraction of sp³-hybridized carbons (Fsp3) is 0.474. The van der Waals surface area contributed by atoms with E-state index in [1.54, 1.807) is 13.2 Å². The van der Waals surface area contributed by atoms with E-state index in [2.05, 4.69) is 56.4 Å². The Balaban J connectivity index is 0.00000243. The molecule has 0 bridgehead atoms. The van der Waals surface area contributed by atoms with E-state index in [-0.39, 0.29) is 29.6 Å². The highest BCUT2D eigenvalue weighted by atomic mass is 127. The molecule has 1 saturated heterocycles. The zero-order valence-corrected chi connectivity index (χ0v) is 17.8. The molecule has 2 N–H and O–H groups in total. The molecule has 1 unspecified atom stereocenters. The van der Waals surface area contributed by atoms with Gasteiger partial charge in [-0.1, -0.05) is 24.3 Å². The van der Waals surface area contributed by atoms with Crippen molar-refractivity contribution in [3.63, 3.8) is 0 Å². The van der Waals surface area contributed by atoms with Gasteiger partial charge in [-0.25, -0.2) is 4.98 Å². The van der Waals surface area contributed by atoms with Crippen molar-refractivity contribution >= 4 is 29.9 Å². The van der Waals surface area contributed by atoms with Crippen LogP contribution >= 0.6 is 24.0 Å². The molecule has 0 amide bonds. The Labute approximate surface area is 172 Å². The second-order valence-electron chi connectivity index (χ2n) is 6.74. The van der Waals surface area contributed by atoms with Crippen LogP contribution in [0.15, 0.2) is 48.0 Å². The number of nitrogens with one attached hydrogen (secondary N) is 2. The van der Waals surface area contributed by atoms with Crippen LogP contribution < -0.4 is 10.6 Å². The average Bonchev–Trinajstić information content (AvgIpc) is 3.28. The molecule has 2 heterocycles. The van der Waals surface area contributed by atoms with Crippen molar-refractivity contribution in [2.24, 2.45) is 4.99 Å². The normalized spacial score (nSPS) is 19.8. The summed E-state index contributed by atoms with van der Waals surface area (Å²) in [7, 11) is 1.79. The predicted octanol–water partition coefficient (Wildman–Crippen LogP) is 2.78. The van der Waals surface area contributed by atoms with E-state index < -0.39 is 0 Å². The number of ether oxygens (including phenoxy) is 1. The average molecular weight is 469 g/mol. The third-order valence-electron chi connectivity index (χ3n) is 4.53. The Morgan fingerprint density at radius 1 is 1.35 bits per heavy atom. The highest BCUT2D eigenvalue weighted by molar-refractivity contribution is 14.0. The van der Waals surface area contributed by atoms with E-state index in [0.29, 0.717) is 0 Å². The van der Waals surface area contributed by atoms with E-state index in [0.717, 1.165) is 45.0 Å². The molecular formula is C19H28IN5O. The second kappa shape index (κ2) is 9.91. The lowest BCUT2D eigenvalue weighted by Gasteiger charge is -2.24. The Morgan fingerprint density at radius 2 is 2.19 bits per heavy atom. The molecule has 1 aliphatic rings. The van der Waals surface area contributed by atoms with Gasteiger partial charge in [0.1, 0.15) is 0 Å². The summed E-state index contributed by atoms with van der Waals surface area (Å²) >= 11 is 0. The first-order valence-corrected chi connectivity index (χ1v) is 8.79. The second-order valence-corrected chi connectivity index (χ2v) is 6.74. The standard InChI is InChI=1S/C19H27N5O.HI/c1-19(7-4-10-25-19)14-23-18(20-2)22-12-16-5-3-6-17(11-16)13-24-9-8-21-15-24;/h3,5-6,8-9,11,15H,4,7,10,12-14H2,1-2H3,(H2,20,22,23);1H. The number of benzene rings is 1. The Morgan fingerprint density at radius 3 is 2.88 bits per heavy atom. The topological polar surface area (TPSA) is 63.5 Å². The number of rotatable bonds is 6. The number of halogens is 1. The van der Waals surface area contributed by atoms with Gasteiger partial charge in [0.05, 0.1) is 11.9 Å². The van der Waals surface area contributed by atoms with Gasteiger partial charge in [-0.2, -0.15) is 0 Å². The molecule has 1 atom stereocenters. The lowest BCUT2D eigenvalue weighted by atomic mass is 10.0. The minimum atomic E-state index is -0.0810. The number of hydrogen-bond acceptors (Lipinski definition) is 3. The van der Waals surface area contributed by atoms with Crippen LogP contribution in [0.1, 0.15) is 30.9 Å². The molecule has 1 aliphatic heterocycles. The number of aromatic nitrogens is 2. The molecule has 3 rings (SSSR count). The molecule has 1 fully saturated rings. The first-order chi connectivity index (χ1) is 12.2. The maximum absolute atomic E-state index is 5.81. The number of hydrogen-bond donors (Lipinski definition) is 2. The Bertz CT molecular complexity index is 696. The van der Waals surface area contributed by atoms with Crippen molar-refractivity contribution in [1.29, 1.82) is 0 Å². The van der Waals surface area contributed by atoms with Crippen molar-refractivity contribution in [1.82, 2.24) is 20.2 Å². The highest BCUT2D eigenvalue weighted by Gasteiger charge is 2.29. The van der Waals surface area contributed by atoms with Gasteiger partial charge >= 0.3 is 0 Å². The number of aliphatic imine (C=N–C) groups is 1. The van der Waals surface area contributed by atoms with E-state index in [4.69, 9.17) is 4.74 Å². The first kappa shape index (κ1) is 20.7. The van der Waals surface area contributed by atoms with E-state index in [1.165, 1.54) is 11.1 Å². The third kappa shape index (κ3) is 5.98. The van der Waals surface area contributed by atoms with Gasteiger partial charge in [0, 0.05) is 45.7 Å². The number of imidazole rings is 1. The molecular weight excluding hydrogens is 441 g/mol. The summed E-state index contributed by atoms with van der Waals surface area (Å²) in [6.45, 7) is 5.34. The fourth-order valence-electron chi connectivity index (χ4n) is 3.08. The quantitative estimate of drug-likeness (QED) is 0.388. The van der Waals surface area contributed by atoms with Crippen LogP contribution in [0.25, 0.3) is 0 Å². The van der Waals surface area contributed by atoms with E-state index in [1.807, 2.05) is 12.5 Å². The molecule has 1 aromatic carbocycles. The lowest BCUT2D eigenvalue weighted by molar-refractivity contribution is 0.0243. The van der Waals surface area contributed by atoms with Crippen LogP contribution in [0.3, 0.4) is 0 Å².